The van der Waals surface area contributed by atoms with Crippen molar-refractivity contribution in [1.82, 2.24) is 0 Å². The van der Waals surface area contributed by atoms with Crippen molar-refractivity contribution in [3.05, 3.63) is 0 Å². The van der Waals surface area contributed by atoms with E-state index in [1.807, 2.05) is 0 Å². The number of nitrogens with two attached hydrogens (primary N) is 1. The number of hydrogen-bond donors (Lipinski definition) is 3. The topological polar surface area (TPSA) is 101 Å². The van der Waals surface area contributed by atoms with Gasteiger partial charge in [-0.25, -0.2) is 0 Å². The molecule has 1 aliphatic rings. The lowest BCUT2D eigenvalue weighted by molar-refractivity contribution is -0.140. The van der Waals surface area contributed by atoms with E-state index < -0.39 is 42.4 Å². The predicted molar refractivity (Wildman–Crippen MR) is 44.3 cm³/mol. The minimum absolute atomic E-state index is 0.0720. The number of carboxylic acids is 2. The fourth-order valence-corrected chi connectivity index (χ4v) is 1.90. The van der Waals surface area contributed by atoms with Gasteiger partial charge in [0.05, 0.1) is 12.6 Å². The second-order valence-electron chi connectivity index (χ2n) is 3.45. The molecule has 14 heavy (non-hydrogen) atoms. The zero-order valence-corrected chi connectivity index (χ0v) is 7.39. The molecule has 1 unspecified atom stereocenters. The molecule has 1 aliphatic carbocycles. The third-order valence-corrected chi connectivity index (χ3v) is 2.66. The van der Waals surface area contributed by atoms with Gasteiger partial charge < -0.3 is 15.9 Å². The van der Waals surface area contributed by atoms with Gasteiger partial charge in [0.15, 0.2) is 0 Å². The van der Waals surface area contributed by atoms with Gasteiger partial charge in [-0.1, -0.05) is 0 Å². The van der Waals surface area contributed by atoms with Crippen LogP contribution in [0.5, 0.6) is 0 Å². The maximum atomic E-state index is 12.0. The van der Waals surface area contributed by atoms with Crippen molar-refractivity contribution < 1.29 is 24.2 Å². The number of rotatable bonds is 5. The first-order chi connectivity index (χ1) is 6.50. The van der Waals surface area contributed by atoms with Gasteiger partial charge in [0.25, 0.3) is 0 Å². The monoisotopic (exact) mass is 205 g/mol. The van der Waals surface area contributed by atoms with Crippen LogP contribution in [0.15, 0.2) is 0 Å². The van der Waals surface area contributed by atoms with Crippen molar-refractivity contribution >= 4 is 11.9 Å². The van der Waals surface area contributed by atoms with E-state index in [0.29, 0.717) is 0 Å². The van der Waals surface area contributed by atoms with Gasteiger partial charge in [0, 0.05) is 5.92 Å². The molecule has 1 rings (SSSR count). The summed E-state index contributed by atoms with van der Waals surface area (Å²) < 4.78 is 12.0. The van der Waals surface area contributed by atoms with Gasteiger partial charge in [-0.05, 0) is 12.3 Å². The number of halogens is 1. The first-order valence-corrected chi connectivity index (χ1v) is 4.27. The lowest BCUT2D eigenvalue weighted by atomic mass is 10.1. The molecular formula is C8H12FNO4. The highest BCUT2D eigenvalue weighted by Gasteiger charge is 2.58. The van der Waals surface area contributed by atoms with Crippen LogP contribution in [-0.2, 0) is 9.59 Å². The van der Waals surface area contributed by atoms with E-state index in [-0.39, 0.29) is 6.42 Å². The number of alkyl halides is 1. The molecule has 0 bridgehead atoms. The molecule has 4 atom stereocenters. The van der Waals surface area contributed by atoms with Crippen LogP contribution in [0.3, 0.4) is 0 Å². The van der Waals surface area contributed by atoms with Crippen LogP contribution in [0, 0.1) is 17.8 Å². The highest BCUT2D eigenvalue weighted by Crippen LogP contribution is 2.50. The van der Waals surface area contributed by atoms with Crippen LogP contribution >= 0.6 is 0 Å². The molecule has 0 aromatic carbocycles. The van der Waals surface area contributed by atoms with Crippen LogP contribution in [-0.4, -0.2) is 34.9 Å². The predicted octanol–water partition coefficient (Wildman–Crippen LogP) is -0.295. The van der Waals surface area contributed by atoms with Gasteiger partial charge in [-0.2, -0.15) is 0 Å². The van der Waals surface area contributed by atoms with E-state index >= 15 is 0 Å². The van der Waals surface area contributed by atoms with E-state index in [2.05, 4.69) is 0 Å². The molecule has 0 radical (unpaired) electrons. The summed E-state index contributed by atoms with van der Waals surface area (Å²) >= 11 is 0. The zero-order valence-electron chi connectivity index (χ0n) is 7.39. The Balaban J connectivity index is 2.62. The second kappa shape index (κ2) is 3.91. The van der Waals surface area contributed by atoms with Gasteiger partial charge in [0.1, 0.15) is 6.04 Å². The molecule has 1 saturated carbocycles. The van der Waals surface area contributed by atoms with Crippen molar-refractivity contribution in [1.29, 1.82) is 0 Å². The molecule has 0 spiro atoms. The zero-order chi connectivity index (χ0) is 10.9. The maximum absolute atomic E-state index is 12.0. The average Bonchev–Trinajstić information content (AvgIpc) is 2.78. The molecule has 0 aromatic rings. The van der Waals surface area contributed by atoms with E-state index in [9.17, 15) is 14.0 Å². The molecule has 0 amide bonds. The third kappa shape index (κ3) is 1.84. The lowest BCUT2D eigenvalue weighted by Crippen LogP contribution is -2.34. The Morgan fingerprint density at radius 1 is 1.43 bits per heavy atom. The first-order valence-electron chi connectivity index (χ1n) is 4.27. The van der Waals surface area contributed by atoms with Gasteiger partial charge in [0.2, 0.25) is 0 Å². The highest BCUT2D eigenvalue weighted by molar-refractivity contribution is 5.80. The van der Waals surface area contributed by atoms with Crippen molar-refractivity contribution in [3.63, 3.8) is 0 Å². The Morgan fingerprint density at radius 3 is 2.36 bits per heavy atom. The van der Waals surface area contributed by atoms with Crippen LogP contribution in [0.1, 0.15) is 6.42 Å². The summed E-state index contributed by atoms with van der Waals surface area (Å²) in [5.74, 6) is -4.17. The summed E-state index contributed by atoms with van der Waals surface area (Å²) in [6, 6.07) is -1.20. The Morgan fingerprint density at radius 2 is 2.00 bits per heavy atom. The first kappa shape index (κ1) is 10.9. The standard InChI is InChI=1S/C8H12FNO4/c9-2-1-3-4(5(3)7(11)12)6(10)8(13)14/h3-6H,1-2,10H2,(H,11,12)(H,13,14)/t3-,4+,5+,6?/m1/s1. The number of carboxylic acid groups (broad SMARTS) is 2. The molecule has 0 saturated heterocycles. The molecule has 80 valence electrons. The normalized spacial score (nSPS) is 32.3. The van der Waals surface area contributed by atoms with Crippen molar-refractivity contribution in [3.8, 4) is 0 Å². The Bertz CT molecular complexity index is 258. The molecule has 0 aliphatic heterocycles. The Hall–Kier alpha value is -1.17. The van der Waals surface area contributed by atoms with E-state index in [1.54, 1.807) is 0 Å². The molecule has 4 N–H and O–H groups in total. The SMILES string of the molecule is NC(C(=O)O)[C@H]1[C@@H](CCF)[C@@H]1C(=O)O. The molecule has 6 heteroatoms. The molecule has 0 aromatic heterocycles. The Kier molecular flexibility index (Phi) is 3.05. The summed E-state index contributed by atoms with van der Waals surface area (Å²) in [7, 11) is 0. The van der Waals surface area contributed by atoms with Gasteiger partial charge in [-0.3, -0.25) is 14.0 Å². The third-order valence-electron chi connectivity index (χ3n) is 2.66. The number of carbonyl (C=O) groups is 2. The minimum atomic E-state index is -1.23. The largest absolute Gasteiger partial charge is 0.481 e. The number of hydrogen-bond acceptors (Lipinski definition) is 3. The molecular weight excluding hydrogens is 193 g/mol. The van der Waals surface area contributed by atoms with Crippen LogP contribution in [0.2, 0.25) is 0 Å². The lowest BCUT2D eigenvalue weighted by Gasteiger charge is -2.03. The van der Waals surface area contributed by atoms with E-state index in [1.165, 1.54) is 0 Å². The summed E-state index contributed by atoms with van der Waals surface area (Å²) in [6.07, 6.45) is 0.0720. The molecule has 1 fully saturated rings. The summed E-state index contributed by atoms with van der Waals surface area (Å²) in [4.78, 5) is 21.1. The summed E-state index contributed by atoms with van der Waals surface area (Å²) in [6.45, 7) is -0.642. The van der Waals surface area contributed by atoms with Crippen molar-refractivity contribution in [2.24, 2.45) is 23.5 Å². The van der Waals surface area contributed by atoms with E-state index in [0.717, 1.165) is 0 Å². The minimum Gasteiger partial charge on any atom is -0.481 e. The van der Waals surface area contributed by atoms with Crippen LogP contribution in [0.4, 0.5) is 4.39 Å². The fourth-order valence-electron chi connectivity index (χ4n) is 1.90. The second-order valence-corrected chi connectivity index (χ2v) is 3.45. The van der Waals surface area contributed by atoms with Gasteiger partial charge >= 0.3 is 11.9 Å². The van der Waals surface area contributed by atoms with Crippen LogP contribution in [0.25, 0.3) is 0 Å². The average molecular weight is 205 g/mol. The van der Waals surface area contributed by atoms with Crippen molar-refractivity contribution in [2.75, 3.05) is 6.67 Å². The Labute approximate surface area is 79.7 Å². The maximum Gasteiger partial charge on any atom is 0.320 e. The van der Waals surface area contributed by atoms with Crippen molar-refractivity contribution in [2.45, 2.75) is 12.5 Å². The van der Waals surface area contributed by atoms with Crippen LogP contribution < -0.4 is 5.73 Å². The molecule has 0 heterocycles. The van der Waals surface area contributed by atoms with Gasteiger partial charge in [-0.15, -0.1) is 0 Å². The molecule has 5 nitrogen and oxygen atoms in total. The fraction of sp³-hybridized carbons (Fsp3) is 0.750. The quantitative estimate of drug-likeness (QED) is 0.572. The number of aliphatic carboxylic acids is 2. The smallest absolute Gasteiger partial charge is 0.320 e. The summed E-state index contributed by atoms with van der Waals surface area (Å²) in [5, 5.41) is 17.2. The summed E-state index contributed by atoms with van der Waals surface area (Å²) in [5.41, 5.74) is 5.29. The van der Waals surface area contributed by atoms with E-state index in [4.69, 9.17) is 15.9 Å². The highest BCUT2D eigenvalue weighted by atomic mass is 19.1.